The zero-order valence-corrected chi connectivity index (χ0v) is 12.5. The molecule has 1 aromatic rings. The molecule has 110 valence electrons. The first-order chi connectivity index (χ1) is 9.45. The Balaban J connectivity index is 1.88. The van der Waals surface area contributed by atoms with Gasteiger partial charge in [-0.1, -0.05) is 12.1 Å². The standard InChI is InChI=1S/C16H24N2O2/c1-11-4-5-12(2)15(8-11)17-16(20)10-18-7-6-14(9-18)13(3)19/h4-5,8,13-14,19H,6-7,9-10H2,1-3H3,(H,17,20). The van der Waals surface area contributed by atoms with Gasteiger partial charge in [0.05, 0.1) is 12.6 Å². The van der Waals surface area contributed by atoms with Gasteiger partial charge in [-0.3, -0.25) is 9.69 Å². The summed E-state index contributed by atoms with van der Waals surface area (Å²) in [5.74, 6) is 0.313. The Morgan fingerprint density at radius 2 is 2.25 bits per heavy atom. The normalized spacial score (nSPS) is 20.9. The molecule has 1 aliphatic rings. The topological polar surface area (TPSA) is 52.6 Å². The molecule has 4 nitrogen and oxygen atoms in total. The lowest BCUT2D eigenvalue weighted by Gasteiger charge is -2.17. The van der Waals surface area contributed by atoms with E-state index in [4.69, 9.17) is 0 Å². The molecule has 2 atom stereocenters. The molecule has 1 aromatic carbocycles. The third-order valence-electron chi connectivity index (χ3n) is 4.03. The van der Waals surface area contributed by atoms with Gasteiger partial charge in [0.15, 0.2) is 0 Å². The van der Waals surface area contributed by atoms with Crippen molar-refractivity contribution in [2.24, 2.45) is 5.92 Å². The summed E-state index contributed by atoms with van der Waals surface area (Å²) in [6.07, 6.45) is 0.677. The van der Waals surface area contributed by atoms with E-state index in [0.717, 1.165) is 36.3 Å². The number of aryl methyl sites for hydroxylation is 2. The van der Waals surface area contributed by atoms with Gasteiger partial charge in [0.25, 0.3) is 0 Å². The summed E-state index contributed by atoms with van der Waals surface area (Å²) in [6, 6.07) is 6.05. The molecule has 1 aliphatic heterocycles. The van der Waals surface area contributed by atoms with Crippen LogP contribution in [0.15, 0.2) is 18.2 Å². The van der Waals surface area contributed by atoms with Crippen LogP contribution in [0.2, 0.25) is 0 Å². The number of amides is 1. The van der Waals surface area contributed by atoms with Crippen molar-refractivity contribution in [3.05, 3.63) is 29.3 Å². The van der Waals surface area contributed by atoms with Gasteiger partial charge >= 0.3 is 0 Å². The number of nitrogens with one attached hydrogen (secondary N) is 1. The van der Waals surface area contributed by atoms with Crippen molar-refractivity contribution in [2.75, 3.05) is 25.0 Å². The highest BCUT2D eigenvalue weighted by Gasteiger charge is 2.27. The lowest BCUT2D eigenvalue weighted by atomic mass is 10.0. The summed E-state index contributed by atoms with van der Waals surface area (Å²) < 4.78 is 0. The van der Waals surface area contributed by atoms with Crippen LogP contribution in [-0.2, 0) is 4.79 Å². The fraction of sp³-hybridized carbons (Fsp3) is 0.562. The van der Waals surface area contributed by atoms with Crippen LogP contribution in [-0.4, -0.2) is 41.7 Å². The number of benzene rings is 1. The molecule has 1 amide bonds. The third-order valence-corrected chi connectivity index (χ3v) is 4.03. The molecular formula is C16H24N2O2. The van der Waals surface area contributed by atoms with E-state index in [1.807, 2.05) is 39.0 Å². The Hall–Kier alpha value is -1.39. The van der Waals surface area contributed by atoms with E-state index in [0.29, 0.717) is 12.5 Å². The minimum Gasteiger partial charge on any atom is -0.393 e. The second-order valence-corrected chi connectivity index (χ2v) is 5.89. The minimum atomic E-state index is -0.290. The number of aliphatic hydroxyl groups excluding tert-OH is 1. The van der Waals surface area contributed by atoms with E-state index in [9.17, 15) is 9.90 Å². The van der Waals surface area contributed by atoms with Gasteiger partial charge in [-0.05, 0) is 56.8 Å². The number of anilines is 1. The SMILES string of the molecule is Cc1ccc(C)c(NC(=O)CN2CCC(C(C)O)C2)c1. The summed E-state index contributed by atoms with van der Waals surface area (Å²) in [5, 5.41) is 12.6. The molecular weight excluding hydrogens is 252 g/mol. The first-order valence-corrected chi connectivity index (χ1v) is 7.23. The molecule has 1 heterocycles. The first-order valence-electron chi connectivity index (χ1n) is 7.23. The number of carbonyl (C=O) groups is 1. The van der Waals surface area contributed by atoms with Crippen molar-refractivity contribution in [1.29, 1.82) is 0 Å². The van der Waals surface area contributed by atoms with Crippen molar-refractivity contribution in [3.8, 4) is 0 Å². The average molecular weight is 276 g/mol. The van der Waals surface area contributed by atoms with Crippen LogP contribution in [0.5, 0.6) is 0 Å². The van der Waals surface area contributed by atoms with Crippen molar-refractivity contribution in [1.82, 2.24) is 4.90 Å². The summed E-state index contributed by atoms with van der Waals surface area (Å²) >= 11 is 0. The summed E-state index contributed by atoms with van der Waals surface area (Å²) in [5.41, 5.74) is 3.11. The van der Waals surface area contributed by atoms with Gasteiger partial charge in [-0.15, -0.1) is 0 Å². The number of nitrogens with zero attached hydrogens (tertiary/aromatic N) is 1. The number of hydrogen-bond donors (Lipinski definition) is 2. The number of carbonyl (C=O) groups excluding carboxylic acids is 1. The third kappa shape index (κ3) is 3.81. The number of aliphatic hydroxyl groups is 1. The van der Waals surface area contributed by atoms with Crippen LogP contribution in [0.3, 0.4) is 0 Å². The van der Waals surface area contributed by atoms with E-state index in [1.54, 1.807) is 0 Å². The lowest BCUT2D eigenvalue weighted by Crippen LogP contribution is -2.32. The Labute approximate surface area is 120 Å². The van der Waals surface area contributed by atoms with Gasteiger partial charge in [0, 0.05) is 12.2 Å². The van der Waals surface area contributed by atoms with Gasteiger partial charge in [-0.2, -0.15) is 0 Å². The average Bonchev–Trinajstić information content (AvgIpc) is 2.82. The fourth-order valence-electron chi connectivity index (χ4n) is 2.66. The predicted octanol–water partition coefficient (Wildman–Crippen LogP) is 1.94. The fourth-order valence-corrected chi connectivity index (χ4v) is 2.66. The summed E-state index contributed by atoms with van der Waals surface area (Å²) in [7, 11) is 0. The Kier molecular flexibility index (Phi) is 4.78. The van der Waals surface area contributed by atoms with Crippen LogP contribution in [0.1, 0.15) is 24.5 Å². The molecule has 0 aliphatic carbocycles. The second-order valence-electron chi connectivity index (χ2n) is 5.89. The number of likely N-dealkylation sites (tertiary alicyclic amines) is 1. The number of rotatable bonds is 4. The summed E-state index contributed by atoms with van der Waals surface area (Å²) in [6.45, 7) is 7.92. The first kappa shape index (κ1) is 15.0. The highest BCUT2D eigenvalue weighted by Crippen LogP contribution is 2.20. The maximum absolute atomic E-state index is 12.1. The van der Waals surface area contributed by atoms with Crippen LogP contribution >= 0.6 is 0 Å². The molecule has 1 fully saturated rings. The molecule has 1 saturated heterocycles. The Bertz CT molecular complexity index is 485. The van der Waals surface area contributed by atoms with Crippen LogP contribution < -0.4 is 5.32 Å². The maximum atomic E-state index is 12.1. The van der Waals surface area contributed by atoms with Crippen molar-refractivity contribution in [3.63, 3.8) is 0 Å². The van der Waals surface area contributed by atoms with Gasteiger partial charge in [-0.25, -0.2) is 0 Å². The van der Waals surface area contributed by atoms with Crippen molar-refractivity contribution >= 4 is 11.6 Å². The highest BCUT2D eigenvalue weighted by molar-refractivity contribution is 5.93. The van der Waals surface area contributed by atoms with E-state index in [2.05, 4.69) is 10.2 Å². The quantitative estimate of drug-likeness (QED) is 0.883. The molecule has 0 spiro atoms. The molecule has 2 unspecified atom stereocenters. The van der Waals surface area contributed by atoms with Gasteiger partial charge in [0.1, 0.15) is 0 Å². The smallest absolute Gasteiger partial charge is 0.238 e. The van der Waals surface area contributed by atoms with E-state index < -0.39 is 0 Å². The zero-order valence-electron chi connectivity index (χ0n) is 12.5. The minimum absolute atomic E-state index is 0.0185. The molecule has 4 heteroatoms. The van der Waals surface area contributed by atoms with E-state index >= 15 is 0 Å². The van der Waals surface area contributed by atoms with E-state index in [-0.39, 0.29) is 12.0 Å². The molecule has 20 heavy (non-hydrogen) atoms. The summed E-state index contributed by atoms with van der Waals surface area (Å²) in [4.78, 5) is 14.2. The van der Waals surface area contributed by atoms with Crippen molar-refractivity contribution in [2.45, 2.75) is 33.3 Å². The molecule has 0 bridgehead atoms. The molecule has 0 saturated carbocycles. The van der Waals surface area contributed by atoms with E-state index in [1.165, 1.54) is 0 Å². The van der Waals surface area contributed by atoms with Gasteiger partial charge < -0.3 is 10.4 Å². The molecule has 2 N–H and O–H groups in total. The maximum Gasteiger partial charge on any atom is 0.238 e. The highest BCUT2D eigenvalue weighted by atomic mass is 16.3. The lowest BCUT2D eigenvalue weighted by molar-refractivity contribution is -0.117. The zero-order chi connectivity index (χ0) is 14.7. The Morgan fingerprint density at radius 1 is 1.50 bits per heavy atom. The number of hydrogen-bond acceptors (Lipinski definition) is 3. The molecule has 0 aromatic heterocycles. The van der Waals surface area contributed by atoms with Crippen LogP contribution in [0.25, 0.3) is 0 Å². The monoisotopic (exact) mass is 276 g/mol. The van der Waals surface area contributed by atoms with Crippen LogP contribution in [0, 0.1) is 19.8 Å². The largest absolute Gasteiger partial charge is 0.393 e. The van der Waals surface area contributed by atoms with Crippen molar-refractivity contribution < 1.29 is 9.90 Å². The van der Waals surface area contributed by atoms with Gasteiger partial charge in [0.2, 0.25) is 5.91 Å². The molecule has 0 radical (unpaired) electrons. The van der Waals surface area contributed by atoms with Crippen LogP contribution in [0.4, 0.5) is 5.69 Å². The Morgan fingerprint density at radius 3 is 2.90 bits per heavy atom. The molecule has 2 rings (SSSR count). The second kappa shape index (κ2) is 6.37. The predicted molar refractivity (Wildman–Crippen MR) is 80.8 cm³/mol.